The van der Waals surface area contributed by atoms with Gasteiger partial charge >= 0.3 is 0 Å². The molecule has 3 rings (SSSR count). The predicted octanol–water partition coefficient (Wildman–Crippen LogP) is 7.63. The molecule has 0 aliphatic heterocycles. The average molecular weight is 401 g/mol. The summed E-state index contributed by atoms with van der Waals surface area (Å²) in [5, 5.41) is 9.25. The van der Waals surface area contributed by atoms with E-state index in [1.165, 1.54) is 49.7 Å². The number of aryl methyl sites for hydroxylation is 1. The summed E-state index contributed by atoms with van der Waals surface area (Å²) in [7, 11) is 0. The number of rotatable bonds is 10. The summed E-state index contributed by atoms with van der Waals surface area (Å²) in [5.74, 6) is 1.42. The molecular formula is C28H36N2. The molecule has 0 N–H and O–H groups in total. The highest BCUT2D eigenvalue weighted by molar-refractivity contribution is 6.02. The lowest BCUT2D eigenvalue weighted by atomic mass is 9.77. The van der Waals surface area contributed by atoms with E-state index in [0.717, 1.165) is 36.5 Å². The molecule has 0 atom stereocenters. The van der Waals surface area contributed by atoms with Crippen molar-refractivity contribution in [3.8, 4) is 0 Å². The number of unbranched alkanes of at least 4 members (excludes halogenated alkanes) is 1. The minimum Gasteiger partial charge on any atom is -0.158 e. The lowest BCUT2D eigenvalue weighted by Crippen LogP contribution is -2.22. The largest absolute Gasteiger partial charge is 0.158 e. The Balaban J connectivity index is 1.68. The van der Waals surface area contributed by atoms with Crippen molar-refractivity contribution in [1.29, 1.82) is 0 Å². The van der Waals surface area contributed by atoms with E-state index in [0.29, 0.717) is 5.92 Å². The van der Waals surface area contributed by atoms with Crippen molar-refractivity contribution < 1.29 is 0 Å². The van der Waals surface area contributed by atoms with Crippen LogP contribution in [0.5, 0.6) is 0 Å². The molecule has 0 saturated heterocycles. The second-order valence-corrected chi connectivity index (χ2v) is 8.52. The van der Waals surface area contributed by atoms with Crippen LogP contribution in [0.2, 0.25) is 0 Å². The maximum Gasteiger partial charge on any atom is 0.0733 e. The van der Waals surface area contributed by atoms with E-state index in [9.17, 15) is 0 Å². The first-order chi connectivity index (χ1) is 14.8. The van der Waals surface area contributed by atoms with Crippen molar-refractivity contribution in [3.05, 3.63) is 83.9 Å². The van der Waals surface area contributed by atoms with E-state index in [2.05, 4.69) is 73.2 Å². The Morgan fingerprint density at radius 1 is 1.00 bits per heavy atom. The van der Waals surface area contributed by atoms with Gasteiger partial charge in [0, 0.05) is 5.92 Å². The SMILES string of the molecule is C=CCCCc1ccc(C=NN=C(c2ccccc2)C2CCC(CCC)CC2)cc1. The van der Waals surface area contributed by atoms with Crippen LogP contribution in [0.15, 0.2) is 77.5 Å². The standard InChI is InChI=1S/C28H36N2/c1-3-5-7-11-24-14-16-25(17-15-24)22-29-30-28(26-12-8-6-9-13-26)27-20-18-23(10-4-2)19-21-27/h3,6,8-9,12-17,22-23,27H,1,4-5,7,10-11,18-21H2,2H3. The lowest BCUT2D eigenvalue weighted by Gasteiger charge is -2.29. The molecule has 1 saturated carbocycles. The van der Waals surface area contributed by atoms with Crippen LogP contribution in [0.25, 0.3) is 0 Å². The van der Waals surface area contributed by atoms with Gasteiger partial charge in [-0.15, -0.1) is 6.58 Å². The molecular weight excluding hydrogens is 364 g/mol. The molecule has 1 fully saturated rings. The third-order valence-corrected chi connectivity index (χ3v) is 6.23. The monoisotopic (exact) mass is 400 g/mol. The Morgan fingerprint density at radius 2 is 1.73 bits per heavy atom. The average Bonchev–Trinajstić information content (AvgIpc) is 2.79. The Morgan fingerprint density at radius 3 is 2.40 bits per heavy atom. The van der Waals surface area contributed by atoms with E-state index in [4.69, 9.17) is 5.10 Å². The fourth-order valence-electron chi connectivity index (χ4n) is 4.50. The highest BCUT2D eigenvalue weighted by Crippen LogP contribution is 2.33. The van der Waals surface area contributed by atoms with E-state index in [-0.39, 0.29) is 0 Å². The van der Waals surface area contributed by atoms with Crippen LogP contribution < -0.4 is 0 Å². The first-order valence-corrected chi connectivity index (χ1v) is 11.7. The van der Waals surface area contributed by atoms with Crippen LogP contribution in [0.1, 0.15) is 75.0 Å². The van der Waals surface area contributed by atoms with Gasteiger partial charge in [-0.25, -0.2) is 0 Å². The molecule has 2 nitrogen and oxygen atoms in total. The van der Waals surface area contributed by atoms with E-state index in [1.54, 1.807) is 0 Å². The third kappa shape index (κ3) is 6.79. The van der Waals surface area contributed by atoms with Gasteiger partial charge in [-0.05, 0) is 67.6 Å². The lowest BCUT2D eigenvalue weighted by molar-refractivity contribution is 0.304. The zero-order chi connectivity index (χ0) is 21.0. The van der Waals surface area contributed by atoms with Gasteiger partial charge in [-0.3, -0.25) is 0 Å². The Kier molecular flexibility index (Phi) is 9.08. The topological polar surface area (TPSA) is 24.7 Å². The molecule has 0 aromatic heterocycles. The summed E-state index contributed by atoms with van der Waals surface area (Å²) in [6.45, 7) is 6.09. The van der Waals surface area contributed by atoms with Crippen LogP contribution in [0, 0.1) is 11.8 Å². The predicted molar refractivity (Wildman–Crippen MR) is 131 cm³/mol. The van der Waals surface area contributed by atoms with Gasteiger partial charge in [0.05, 0.1) is 11.9 Å². The van der Waals surface area contributed by atoms with Crippen molar-refractivity contribution in [2.24, 2.45) is 22.0 Å². The number of allylic oxidation sites excluding steroid dienone is 1. The summed E-state index contributed by atoms with van der Waals surface area (Å²) in [6.07, 6.45) is 15.0. The Labute approximate surface area is 182 Å². The first kappa shape index (κ1) is 22.2. The van der Waals surface area contributed by atoms with Gasteiger partial charge < -0.3 is 0 Å². The van der Waals surface area contributed by atoms with Gasteiger partial charge in [0.2, 0.25) is 0 Å². The van der Waals surface area contributed by atoms with Crippen LogP contribution in [0.3, 0.4) is 0 Å². The number of nitrogens with zero attached hydrogens (tertiary/aromatic N) is 2. The van der Waals surface area contributed by atoms with Gasteiger partial charge in [-0.1, -0.05) is 80.4 Å². The normalized spacial score (nSPS) is 19.8. The molecule has 0 bridgehead atoms. The van der Waals surface area contributed by atoms with Crippen molar-refractivity contribution in [3.63, 3.8) is 0 Å². The van der Waals surface area contributed by atoms with Crippen LogP contribution in [-0.4, -0.2) is 11.9 Å². The maximum absolute atomic E-state index is 4.74. The van der Waals surface area contributed by atoms with Crippen molar-refractivity contribution >= 4 is 11.9 Å². The van der Waals surface area contributed by atoms with Crippen LogP contribution in [-0.2, 0) is 6.42 Å². The molecule has 1 aliphatic rings. The van der Waals surface area contributed by atoms with Crippen molar-refractivity contribution in [1.82, 2.24) is 0 Å². The fourth-order valence-corrected chi connectivity index (χ4v) is 4.50. The smallest absolute Gasteiger partial charge is 0.0733 e. The second kappa shape index (κ2) is 12.3. The summed E-state index contributed by atoms with van der Waals surface area (Å²) in [5.41, 5.74) is 4.84. The van der Waals surface area contributed by atoms with Crippen LogP contribution in [0.4, 0.5) is 0 Å². The molecule has 158 valence electrons. The number of benzene rings is 2. The van der Waals surface area contributed by atoms with E-state index >= 15 is 0 Å². The van der Waals surface area contributed by atoms with E-state index < -0.39 is 0 Å². The quantitative estimate of drug-likeness (QED) is 0.169. The van der Waals surface area contributed by atoms with Gasteiger partial charge in [-0.2, -0.15) is 10.2 Å². The number of hydrogen-bond acceptors (Lipinski definition) is 2. The molecule has 2 heteroatoms. The molecule has 2 aromatic rings. The Bertz CT molecular complexity index is 809. The van der Waals surface area contributed by atoms with Crippen molar-refractivity contribution in [2.75, 3.05) is 0 Å². The highest BCUT2D eigenvalue weighted by Gasteiger charge is 2.25. The first-order valence-electron chi connectivity index (χ1n) is 11.7. The maximum atomic E-state index is 4.74. The molecule has 1 aliphatic carbocycles. The van der Waals surface area contributed by atoms with E-state index in [1.807, 2.05) is 12.3 Å². The molecule has 0 amide bonds. The molecule has 2 aromatic carbocycles. The summed E-state index contributed by atoms with van der Waals surface area (Å²) >= 11 is 0. The molecule has 0 heterocycles. The molecule has 30 heavy (non-hydrogen) atoms. The zero-order valence-corrected chi connectivity index (χ0v) is 18.5. The second-order valence-electron chi connectivity index (χ2n) is 8.52. The minimum atomic E-state index is 0.518. The summed E-state index contributed by atoms with van der Waals surface area (Å²) < 4.78 is 0. The summed E-state index contributed by atoms with van der Waals surface area (Å²) in [6, 6.07) is 19.3. The van der Waals surface area contributed by atoms with Crippen LogP contribution >= 0.6 is 0 Å². The zero-order valence-electron chi connectivity index (χ0n) is 18.5. The molecule has 0 radical (unpaired) electrons. The van der Waals surface area contributed by atoms with Gasteiger partial charge in [0.15, 0.2) is 0 Å². The van der Waals surface area contributed by atoms with Gasteiger partial charge in [0.1, 0.15) is 0 Å². The fraction of sp³-hybridized carbons (Fsp3) is 0.429. The Hall–Kier alpha value is -2.48. The molecule has 0 spiro atoms. The highest BCUT2D eigenvalue weighted by atomic mass is 15.2. The summed E-state index contributed by atoms with van der Waals surface area (Å²) in [4.78, 5) is 0. The van der Waals surface area contributed by atoms with Gasteiger partial charge in [0.25, 0.3) is 0 Å². The number of hydrogen-bond donors (Lipinski definition) is 0. The minimum absolute atomic E-state index is 0.518. The molecule has 0 unspecified atom stereocenters. The van der Waals surface area contributed by atoms with Crippen molar-refractivity contribution in [2.45, 2.75) is 64.7 Å². The third-order valence-electron chi connectivity index (χ3n) is 6.23.